The summed E-state index contributed by atoms with van der Waals surface area (Å²) in [6.07, 6.45) is 6.00. The maximum absolute atomic E-state index is 5.69. The first-order chi connectivity index (χ1) is 10.3. The van der Waals surface area contributed by atoms with Crippen molar-refractivity contribution in [2.24, 2.45) is 7.05 Å². The van der Waals surface area contributed by atoms with Gasteiger partial charge < -0.3 is 9.30 Å². The lowest BCUT2D eigenvalue weighted by atomic mass is 10.2. The average molecular weight is 283 g/mol. The summed E-state index contributed by atoms with van der Waals surface area (Å²) in [4.78, 5) is 0. The van der Waals surface area contributed by atoms with E-state index in [-0.39, 0.29) is 0 Å². The van der Waals surface area contributed by atoms with E-state index in [1.165, 1.54) is 16.6 Å². The van der Waals surface area contributed by atoms with E-state index >= 15 is 0 Å². The minimum Gasteiger partial charge on any atom is -0.494 e. The zero-order chi connectivity index (χ0) is 14.7. The van der Waals surface area contributed by atoms with Crippen LogP contribution in [0.15, 0.2) is 42.7 Å². The Morgan fingerprint density at radius 3 is 2.86 bits per heavy atom. The molecule has 0 amide bonds. The van der Waals surface area contributed by atoms with Gasteiger partial charge in [0.05, 0.1) is 6.61 Å². The zero-order valence-corrected chi connectivity index (χ0v) is 12.6. The summed E-state index contributed by atoms with van der Waals surface area (Å²) in [6.45, 7) is 3.85. The molecule has 0 spiro atoms. The summed E-state index contributed by atoms with van der Waals surface area (Å²) in [7, 11) is 1.99. The van der Waals surface area contributed by atoms with Gasteiger partial charge in [-0.1, -0.05) is 6.92 Å². The molecule has 0 aliphatic rings. The Balaban J connectivity index is 1.76. The normalized spacial score (nSPS) is 11.1. The summed E-state index contributed by atoms with van der Waals surface area (Å²) < 4.78 is 9.90. The topological polar surface area (TPSA) is 32.0 Å². The van der Waals surface area contributed by atoms with Crippen LogP contribution in [0.1, 0.15) is 19.0 Å². The molecule has 21 heavy (non-hydrogen) atoms. The second-order valence-electron chi connectivity index (χ2n) is 5.27. The van der Waals surface area contributed by atoms with Crippen LogP contribution in [-0.2, 0) is 20.0 Å². The molecule has 4 nitrogen and oxygen atoms in total. The minimum absolute atomic E-state index is 0.771. The molecule has 0 N–H and O–H groups in total. The van der Waals surface area contributed by atoms with E-state index < -0.39 is 0 Å². The molecule has 0 unspecified atom stereocenters. The Bertz CT molecular complexity index is 727. The standard InChI is InChI=1S/C17H21N3O/c1-3-12-21-16-4-5-17-14(13-16)7-10-20(17)11-8-15-6-9-18-19(15)2/h4-7,9-10,13H,3,8,11-12H2,1-2H3. The Hall–Kier alpha value is -2.23. The predicted octanol–water partition coefficient (Wildman–Crippen LogP) is 3.41. The highest BCUT2D eigenvalue weighted by Gasteiger charge is 2.04. The number of aromatic nitrogens is 3. The Labute approximate surface area is 124 Å². The molecule has 0 atom stereocenters. The monoisotopic (exact) mass is 283 g/mol. The van der Waals surface area contributed by atoms with Crippen molar-refractivity contribution in [2.75, 3.05) is 6.61 Å². The Morgan fingerprint density at radius 2 is 2.10 bits per heavy atom. The number of benzene rings is 1. The van der Waals surface area contributed by atoms with Gasteiger partial charge in [-0.15, -0.1) is 0 Å². The first-order valence-electron chi connectivity index (χ1n) is 7.46. The Kier molecular flexibility index (Phi) is 3.95. The van der Waals surface area contributed by atoms with Gasteiger partial charge in [-0.2, -0.15) is 5.10 Å². The fourth-order valence-corrected chi connectivity index (χ4v) is 2.56. The second-order valence-corrected chi connectivity index (χ2v) is 5.27. The van der Waals surface area contributed by atoms with Crippen molar-refractivity contribution >= 4 is 10.9 Å². The van der Waals surface area contributed by atoms with Crippen LogP contribution in [0.4, 0.5) is 0 Å². The lowest BCUT2D eigenvalue weighted by Crippen LogP contribution is -2.04. The number of fused-ring (bicyclic) bond motifs is 1. The molecular formula is C17H21N3O. The van der Waals surface area contributed by atoms with Crippen LogP contribution < -0.4 is 4.74 Å². The van der Waals surface area contributed by atoms with E-state index in [2.05, 4.69) is 53.1 Å². The molecule has 110 valence electrons. The van der Waals surface area contributed by atoms with Gasteiger partial charge in [0.15, 0.2) is 0 Å². The zero-order valence-electron chi connectivity index (χ0n) is 12.6. The maximum atomic E-state index is 5.69. The highest BCUT2D eigenvalue weighted by atomic mass is 16.5. The van der Waals surface area contributed by atoms with Crippen LogP contribution in [0.2, 0.25) is 0 Å². The van der Waals surface area contributed by atoms with Crippen LogP contribution in [0.25, 0.3) is 10.9 Å². The quantitative estimate of drug-likeness (QED) is 0.694. The molecule has 0 aliphatic heterocycles. The van der Waals surface area contributed by atoms with E-state index in [4.69, 9.17) is 4.74 Å². The SMILES string of the molecule is CCCOc1ccc2c(ccn2CCc2ccnn2C)c1. The van der Waals surface area contributed by atoms with Crippen LogP contribution in [0, 0.1) is 0 Å². The average Bonchev–Trinajstić information content (AvgIpc) is 3.08. The van der Waals surface area contributed by atoms with Crippen LogP contribution in [0.5, 0.6) is 5.75 Å². The lowest BCUT2D eigenvalue weighted by Gasteiger charge is -2.08. The number of hydrogen-bond donors (Lipinski definition) is 0. The molecule has 0 radical (unpaired) electrons. The molecule has 0 bridgehead atoms. The van der Waals surface area contributed by atoms with Gasteiger partial charge in [0, 0.05) is 49.0 Å². The van der Waals surface area contributed by atoms with Gasteiger partial charge in [0.25, 0.3) is 0 Å². The van der Waals surface area contributed by atoms with Crippen molar-refractivity contribution in [2.45, 2.75) is 26.3 Å². The molecule has 3 rings (SSSR count). The molecule has 2 heterocycles. The fourth-order valence-electron chi connectivity index (χ4n) is 2.56. The maximum Gasteiger partial charge on any atom is 0.120 e. The third-order valence-corrected chi connectivity index (χ3v) is 3.75. The summed E-state index contributed by atoms with van der Waals surface area (Å²) in [5.41, 5.74) is 2.50. The summed E-state index contributed by atoms with van der Waals surface area (Å²) >= 11 is 0. The highest BCUT2D eigenvalue weighted by Crippen LogP contribution is 2.22. The fraction of sp³-hybridized carbons (Fsp3) is 0.353. The molecule has 0 aliphatic carbocycles. The molecule has 0 saturated carbocycles. The third kappa shape index (κ3) is 2.94. The van der Waals surface area contributed by atoms with E-state index in [0.29, 0.717) is 0 Å². The van der Waals surface area contributed by atoms with Crippen LogP contribution in [-0.4, -0.2) is 21.0 Å². The van der Waals surface area contributed by atoms with E-state index in [9.17, 15) is 0 Å². The first kappa shape index (κ1) is 13.7. The number of aryl methyl sites for hydroxylation is 3. The van der Waals surface area contributed by atoms with Gasteiger partial charge in [-0.05, 0) is 36.8 Å². The Morgan fingerprint density at radius 1 is 1.19 bits per heavy atom. The van der Waals surface area contributed by atoms with Gasteiger partial charge in [-0.3, -0.25) is 4.68 Å². The van der Waals surface area contributed by atoms with Crippen molar-refractivity contribution in [3.8, 4) is 5.75 Å². The highest BCUT2D eigenvalue weighted by molar-refractivity contribution is 5.81. The van der Waals surface area contributed by atoms with E-state index in [0.717, 1.165) is 31.7 Å². The molecule has 4 heteroatoms. The summed E-state index contributed by atoms with van der Waals surface area (Å²) in [5, 5.41) is 5.44. The lowest BCUT2D eigenvalue weighted by molar-refractivity contribution is 0.318. The molecule has 0 fully saturated rings. The molecule has 3 aromatic rings. The molecule has 0 saturated heterocycles. The largest absolute Gasteiger partial charge is 0.494 e. The van der Waals surface area contributed by atoms with Crippen molar-refractivity contribution < 1.29 is 4.74 Å². The van der Waals surface area contributed by atoms with E-state index in [1.54, 1.807) is 0 Å². The minimum atomic E-state index is 0.771. The van der Waals surface area contributed by atoms with Crippen LogP contribution >= 0.6 is 0 Å². The van der Waals surface area contributed by atoms with Gasteiger partial charge in [0.2, 0.25) is 0 Å². The number of rotatable bonds is 6. The second kappa shape index (κ2) is 6.04. The van der Waals surface area contributed by atoms with Crippen molar-refractivity contribution in [3.05, 3.63) is 48.4 Å². The van der Waals surface area contributed by atoms with Crippen molar-refractivity contribution in [1.82, 2.24) is 14.3 Å². The van der Waals surface area contributed by atoms with Crippen molar-refractivity contribution in [1.29, 1.82) is 0 Å². The summed E-state index contributed by atoms with van der Waals surface area (Å²) in [5.74, 6) is 0.953. The summed E-state index contributed by atoms with van der Waals surface area (Å²) in [6, 6.07) is 10.5. The number of ether oxygens (including phenoxy) is 1. The number of nitrogens with zero attached hydrogens (tertiary/aromatic N) is 3. The molecular weight excluding hydrogens is 262 g/mol. The first-order valence-corrected chi connectivity index (χ1v) is 7.46. The van der Waals surface area contributed by atoms with Gasteiger partial charge >= 0.3 is 0 Å². The molecule has 1 aromatic carbocycles. The predicted molar refractivity (Wildman–Crippen MR) is 84.6 cm³/mol. The van der Waals surface area contributed by atoms with E-state index in [1.807, 2.05) is 17.9 Å². The van der Waals surface area contributed by atoms with Crippen LogP contribution in [0.3, 0.4) is 0 Å². The number of hydrogen-bond acceptors (Lipinski definition) is 2. The van der Waals surface area contributed by atoms with Crippen molar-refractivity contribution in [3.63, 3.8) is 0 Å². The van der Waals surface area contributed by atoms with Gasteiger partial charge in [0.1, 0.15) is 5.75 Å². The molecule has 2 aromatic heterocycles. The van der Waals surface area contributed by atoms with Gasteiger partial charge in [-0.25, -0.2) is 0 Å². The third-order valence-electron chi connectivity index (χ3n) is 3.75. The smallest absolute Gasteiger partial charge is 0.120 e.